The van der Waals surface area contributed by atoms with Gasteiger partial charge >= 0.3 is 0 Å². The maximum absolute atomic E-state index is 9.66. The van der Waals surface area contributed by atoms with E-state index in [2.05, 4.69) is 4.98 Å². The number of aliphatic hydroxyl groups is 2. The van der Waals surface area contributed by atoms with E-state index in [4.69, 9.17) is 0 Å². The van der Waals surface area contributed by atoms with E-state index in [9.17, 15) is 10.2 Å². The molecule has 4 heteroatoms. The lowest BCUT2D eigenvalue weighted by Gasteiger charge is -2.23. The Morgan fingerprint density at radius 3 is 2.36 bits per heavy atom. The largest absolute Gasteiger partial charge is 0.390 e. The van der Waals surface area contributed by atoms with E-state index in [-0.39, 0.29) is 0 Å². The van der Waals surface area contributed by atoms with Crippen LogP contribution >= 0.6 is 11.3 Å². The molecule has 0 bridgehead atoms. The van der Waals surface area contributed by atoms with Crippen molar-refractivity contribution in [3.8, 4) is 0 Å². The van der Waals surface area contributed by atoms with E-state index in [1.165, 1.54) is 4.88 Å². The molecule has 0 aliphatic carbocycles. The van der Waals surface area contributed by atoms with Gasteiger partial charge in [0.2, 0.25) is 0 Å². The van der Waals surface area contributed by atoms with Gasteiger partial charge in [0, 0.05) is 11.3 Å². The zero-order valence-corrected chi connectivity index (χ0v) is 9.85. The van der Waals surface area contributed by atoms with Crippen molar-refractivity contribution in [3.63, 3.8) is 0 Å². The van der Waals surface area contributed by atoms with Crippen LogP contribution in [0.1, 0.15) is 29.4 Å². The van der Waals surface area contributed by atoms with Gasteiger partial charge in [0.05, 0.1) is 22.4 Å². The average molecular weight is 215 g/mol. The topological polar surface area (TPSA) is 53.4 Å². The molecule has 1 aromatic rings. The number of aryl methyl sites for hydroxylation is 2. The molecular weight excluding hydrogens is 198 g/mol. The van der Waals surface area contributed by atoms with Gasteiger partial charge in [-0.2, -0.15) is 0 Å². The summed E-state index contributed by atoms with van der Waals surface area (Å²) in [5, 5.41) is 20.1. The predicted molar refractivity (Wildman–Crippen MR) is 57.6 cm³/mol. The van der Waals surface area contributed by atoms with Crippen LogP contribution in [0.4, 0.5) is 0 Å². The third kappa shape index (κ3) is 2.77. The highest BCUT2D eigenvalue weighted by Gasteiger charge is 2.25. The minimum Gasteiger partial charge on any atom is -0.390 e. The van der Waals surface area contributed by atoms with Crippen molar-refractivity contribution in [2.75, 3.05) is 0 Å². The van der Waals surface area contributed by atoms with Gasteiger partial charge in [0.1, 0.15) is 0 Å². The molecule has 1 aromatic heterocycles. The lowest BCUT2D eigenvalue weighted by Crippen LogP contribution is -2.37. The Morgan fingerprint density at radius 2 is 2.00 bits per heavy atom. The van der Waals surface area contributed by atoms with Crippen molar-refractivity contribution in [3.05, 3.63) is 15.6 Å². The van der Waals surface area contributed by atoms with Gasteiger partial charge in [-0.05, 0) is 27.7 Å². The zero-order valence-electron chi connectivity index (χ0n) is 9.03. The predicted octanol–water partition coefficient (Wildman–Crippen LogP) is 1.43. The summed E-state index contributed by atoms with van der Waals surface area (Å²) in [4.78, 5) is 5.48. The van der Waals surface area contributed by atoms with Gasteiger partial charge in [-0.1, -0.05) is 0 Å². The van der Waals surface area contributed by atoms with E-state index >= 15 is 0 Å². The number of aliphatic hydroxyl groups excluding tert-OH is 1. The highest BCUT2D eigenvalue weighted by Crippen LogP contribution is 2.20. The Morgan fingerprint density at radius 1 is 1.43 bits per heavy atom. The van der Waals surface area contributed by atoms with Crippen LogP contribution in [0.5, 0.6) is 0 Å². The van der Waals surface area contributed by atoms with Crippen molar-refractivity contribution in [1.82, 2.24) is 4.98 Å². The van der Waals surface area contributed by atoms with Crippen LogP contribution in [0.2, 0.25) is 0 Å². The normalized spacial score (nSPS) is 14.4. The SMILES string of the molecule is Cc1nc(CC(O)C(C)(C)O)sc1C. The summed E-state index contributed by atoms with van der Waals surface area (Å²) in [6.45, 7) is 7.16. The molecule has 0 aliphatic heterocycles. The second-order valence-corrected chi connectivity index (χ2v) is 5.41. The summed E-state index contributed by atoms with van der Waals surface area (Å²) >= 11 is 1.58. The summed E-state index contributed by atoms with van der Waals surface area (Å²) < 4.78 is 0. The first-order chi connectivity index (χ1) is 6.30. The number of thiazole rings is 1. The van der Waals surface area contributed by atoms with Gasteiger partial charge in [-0.3, -0.25) is 0 Å². The van der Waals surface area contributed by atoms with Crippen molar-refractivity contribution in [2.45, 2.75) is 45.8 Å². The first kappa shape index (κ1) is 11.6. The minimum atomic E-state index is -1.06. The molecule has 0 saturated carbocycles. The standard InChI is InChI=1S/C10H17NO2S/c1-6-7(2)14-9(11-6)5-8(12)10(3,4)13/h8,12-13H,5H2,1-4H3. The van der Waals surface area contributed by atoms with Gasteiger partial charge in [0.15, 0.2) is 0 Å². The Hall–Kier alpha value is -0.450. The van der Waals surface area contributed by atoms with Crippen molar-refractivity contribution >= 4 is 11.3 Å². The van der Waals surface area contributed by atoms with Crippen molar-refractivity contribution < 1.29 is 10.2 Å². The fourth-order valence-electron chi connectivity index (χ4n) is 1.04. The van der Waals surface area contributed by atoms with Crippen LogP contribution < -0.4 is 0 Å². The maximum atomic E-state index is 9.66. The average Bonchev–Trinajstić information content (AvgIpc) is 2.29. The minimum absolute atomic E-state index is 0.419. The summed E-state index contributed by atoms with van der Waals surface area (Å²) in [6.07, 6.45) is -0.338. The number of hydrogen-bond acceptors (Lipinski definition) is 4. The first-order valence-corrected chi connectivity index (χ1v) is 5.45. The lowest BCUT2D eigenvalue weighted by atomic mass is 10.00. The monoisotopic (exact) mass is 215 g/mol. The number of nitrogens with zero attached hydrogens (tertiary/aromatic N) is 1. The molecule has 1 atom stereocenters. The second kappa shape index (κ2) is 3.96. The molecule has 0 spiro atoms. The number of hydrogen-bond donors (Lipinski definition) is 2. The summed E-state index contributed by atoms with van der Waals surface area (Å²) in [5.74, 6) is 0. The molecule has 0 saturated heterocycles. The Bertz CT molecular complexity index is 295. The second-order valence-electron chi connectivity index (χ2n) is 4.12. The summed E-state index contributed by atoms with van der Waals surface area (Å²) in [6, 6.07) is 0. The third-order valence-electron chi connectivity index (χ3n) is 2.26. The lowest BCUT2D eigenvalue weighted by molar-refractivity contribution is -0.0469. The molecule has 0 radical (unpaired) electrons. The van der Waals surface area contributed by atoms with Crippen LogP contribution in [0, 0.1) is 13.8 Å². The Balaban J connectivity index is 2.70. The Labute approximate surface area is 88.4 Å². The quantitative estimate of drug-likeness (QED) is 0.802. The molecule has 0 aromatic carbocycles. The number of aromatic nitrogens is 1. The molecule has 0 fully saturated rings. The third-order valence-corrected chi connectivity index (χ3v) is 3.35. The van der Waals surface area contributed by atoms with Gasteiger partial charge in [-0.25, -0.2) is 4.98 Å². The van der Waals surface area contributed by atoms with Gasteiger partial charge in [0.25, 0.3) is 0 Å². The van der Waals surface area contributed by atoms with Crippen molar-refractivity contribution in [1.29, 1.82) is 0 Å². The summed E-state index contributed by atoms with van der Waals surface area (Å²) in [5.41, 5.74) is -0.0547. The molecule has 1 rings (SSSR count). The van der Waals surface area contributed by atoms with E-state index in [1.807, 2.05) is 13.8 Å². The molecule has 0 aliphatic rings. The molecule has 1 unspecified atom stereocenters. The van der Waals surface area contributed by atoms with Crippen molar-refractivity contribution in [2.24, 2.45) is 0 Å². The summed E-state index contributed by atoms with van der Waals surface area (Å²) in [7, 11) is 0. The van der Waals surface area contributed by atoms with Crippen LogP contribution in [0.25, 0.3) is 0 Å². The van der Waals surface area contributed by atoms with Crippen LogP contribution in [-0.2, 0) is 6.42 Å². The molecule has 14 heavy (non-hydrogen) atoms. The molecule has 80 valence electrons. The maximum Gasteiger partial charge on any atom is 0.0957 e. The highest BCUT2D eigenvalue weighted by molar-refractivity contribution is 7.11. The van der Waals surface area contributed by atoms with Gasteiger partial charge in [-0.15, -0.1) is 11.3 Å². The van der Waals surface area contributed by atoms with E-state index in [0.717, 1.165) is 10.7 Å². The molecule has 0 amide bonds. The van der Waals surface area contributed by atoms with E-state index in [1.54, 1.807) is 25.2 Å². The fourth-order valence-corrected chi connectivity index (χ4v) is 2.01. The van der Waals surface area contributed by atoms with Crippen LogP contribution in [0.15, 0.2) is 0 Å². The zero-order chi connectivity index (χ0) is 10.9. The molecule has 3 nitrogen and oxygen atoms in total. The number of rotatable bonds is 3. The molecular formula is C10H17NO2S. The molecule has 2 N–H and O–H groups in total. The van der Waals surface area contributed by atoms with Gasteiger partial charge < -0.3 is 10.2 Å². The molecule has 1 heterocycles. The Kier molecular flexibility index (Phi) is 3.29. The first-order valence-electron chi connectivity index (χ1n) is 4.64. The van der Waals surface area contributed by atoms with Crippen LogP contribution in [-0.4, -0.2) is 26.9 Å². The van der Waals surface area contributed by atoms with E-state index in [0.29, 0.717) is 6.42 Å². The fraction of sp³-hybridized carbons (Fsp3) is 0.700. The van der Waals surface area contributed by atoms with E-state index < -0.39 is 11.7 Å². The highest BCUT2D eigenvalue weighted by atomic mass is 32.1. The van der Waals surface area contributed by atoms with Crippen LogP contribution in [0.3, 0.4) is 0 Å². The smallest absolute Gasteiger partial charge is 0.0957 e.